The number of hydrogen-bond acceptors (Lipinski definition) is 4. The van der Waals surface area contributed by atoms with E-state index in [0.29, 0.717) is 15.6 Å². The summed E-state index contributed by atoms with van der Waals surface area (Å²) >= 11 is 12.0. The molecule has 0 saturated carbocycles. The topological polar surface area (TPSA) is 87.6 Å². The molecule has 0 fully saturated rings. The van der Waals surface area contributed by atoms with E-state index in [-0.39, 0.29) is 35.6 Å². The quantitative estimate of drug-likeness (QED) is 0.769. The summed E-state index contributed by atoms with van der Waals surface area (Å²) in [4.78, 5) is 16.6. The molecular formula is C18H17Cl2N3O3S. The van der Waals surface area contributed by atoms with Gasteiger partial charge in [0.15, 0.2) is 0 Å². The second kappa shape index (κ2) is 7.88. The van der Waals surface area contributed by atoms with Gasteiger partial charge in [0.05, 0.1) is 17.5 Å². The molecule has 1 amide bonds. The lowest BCUT2D eigenvalue weighted by atomic mass is 10.1. The Bertz CT molecular complexity index is 1020. The van der Waals surface area contributed by atoms with Crippen LogP contribution in [-0.2, 0) is 14.8 Å². The molecule has 0 unspecified atom stereocenters. The van der Waals surface area contributed by atoms with Crippen molar-refractivity contribution in [2.45, 2.75) is 24.3 Å². The third kappa shape index (κ3) is 4.43. The SMILES string of the molecule is C[C@H](NC(=O)CCN=C1NS(=O)(=O)c2ccccc21)c1ccc(Cl)cc1Cl. The van der Waals surface area contributed by atoms with Crippen LogP contribution in [0.3, 0.4) is 0 Å². The van der Waals surface area contributed by atoms with Crippen molar-refractivity contribution in [1.29, 1.82) is 0 Å². The molecule has 1 heterocycles. The van der Waals surface area contributed by atoms with Gasteiger partial charge in [0, 0.05) is 22.0 Å². The second-order valence-corrected chi connectivity index (χ2v) is 8.53. The first-order valence-electron chi connectivity index (χ1n) is 8.19. The summed E-state index contributed by atoms with van der Waals surface area (Å²) in [6.45, 7) is 1.97. The number of carbonyl (C=O) groups is 1. The lowest BCUT2D eigenvalue weighted by Gasteiger charge is -2.15. The van der Waals surface area contributed by atoms with Crippen molar-refractivity contribution in [3.8, 4) is 0 Å². The lowest BCUT2D eigenvalue weighted by Crippen LogP contribution is -2.27. The van der Waals surface area contributed by atoms with Crippen molar-refractivity contribution in [2.24, 2.45) is 4.99 Å². The molecule has 0 spiro atoms. The summed E-state index contributed by atoms with van der Waals surface area (Å²) in [5.74, 6) is 0.0409. The van der Waals surface area contributed by atoms with E-state index in [0.717, 1.165) is 5.56 Å². The Kier molecular flexibility index (Phi) is 5.74. The zero-order valence-corrected chi connectivity index (χ0v) is 16.7. The molecule has 0 aromatic heterocycles. The number of nitrogens with zero attached hydrogens (tertiary/aromatic N) is 1. The van der Waals surface area contributed by atoms with Gasteiger partial charge in [0.25, 0.3) is 10.0 Å². The number of carbonyl (C=O) groups excluding carboxylic acids is 1. The highest BCUT2D eigenvalue weighted by Gasteiger charge is 2.29. The van der Waals surface area contributed by atoms with Gasteiger partial charge in [0.1, 0.15) is 5.84 Å². The van der Waals surface area contributed by atoms with Gasteiger partial charge in [-0.15, -0.1) is 0 Å². The van der Waals surface area contributed by atoms with Crippen molar-refractivity contribution in [3.63, 3.8) is 0 Å². The number of nitrogens with one attached hydrogen (secondary N) is 2. The Hall–Kier alpha value is -2.09. The van der Waals surface area contributed by atoms with E-state index in [1.165, 1.54) is 6.07 Å². The minimum atomic E-state index is -3.58. The van der Waals surface area contributed by atoms with Crippen LogP contribution in [-0.4, -0.2) is 26.7 Å². The molecule has 142 valence electrons. The first-order chi connectivity index (χ1) is 12.8. The van der Waals surface area contributed by atoms with Crippen LogP contribution in [0.15, 0.2) is 52.4 Å². The largest absolute Gasteiger partial charge is 0.349 e. The fourth-order valence-corrected chi connectivity index (χ4v) is 4.59. The maximum atomic E-state index is 12.2. The average Bonchev–Trinajstić information content (AvgIpc) is 2.86. The number of fused-ring (bicyclic) bond motifs is 1. The Morgan fingerprint density at radius 2 is 1.96 bits per heavy atom. The maximum absolute atomic E-state index is 12.2. The Labute approximate surface area is 167 Å². The number of sulfonamides is 1. The van der Waals surface area contributed by atoms with Gasteiger partial charge < -0.3 is 5.32 Å². The lowest BCUT2D eigenvalue weighted by molar-refractivity contribution is -0.121. The van der Waals surface area contributed by atoms with E-state index in [2.05, 4.69) is 15.0 Å². The molecule has 6 nitrogen and oxygen atoms in total. The fourth-order valence-electron chi connectivity index (χ4n) is 2.76. The molecule has 1 aliphatic heterocycles. The fraction of sp³-hybridized carbons (Fsp3) is 0.222. The summed E-state index contributed by atoms with van der Waals surface area (Å²) in [6.07, 6.45) is 0.114. The Morgan fingerprint density at radius 1 is 1.22 bits per heavy atom. The van der Waals surface area contributed by atoms with E-state index in [1.807, 2.05) is 6.92 Å². The molecule has 0 bridgehead atoms. The van der Waals surface area contributed by atoms with Crippen LogP contribution >= 0.6 is 23.2 Å². The Balaban J connectivity index is 1.61. The molecule has 1 aliphatic rings. The first kappa shape index (κ1) is 19.7. The van der Waals surface area contributed by atoms with Crippen LogP contribution in [0, 0.1) is 0 Å². The van der Waals surface area contributed by atoms with Crippen molar-refractivity contribution >= 4 is 45.0 Å². The van der Waals surface area contributed by atoms with Gasteiger partial charge in [-0.3, -0.25) is 14.5 Å². The monoisotopic (exact) mass is 425 g/mol. The van der Waals surface area contributed by atoms with Gasteiger partial charge in [-0.2, -0.15) is 0 Å². The number of benzene rings is 2. The van der Waals surface area contributed by atoms with Crippen LogP contribution in [0.4, 0.5) is 0 Å². The van der Waals surface area contributed by atoms with Gasteiger partial charge in [-0.05, 0) is 36.8 Å². The molecule has 2 aromatic carbocycles. The molecule has 0 saturated heterocycles. The number of aliphatic imine (C=N–C) groups is 1. The summed E-state index contributed by atoms with van der Waals surface area (Å²) in [5, 5.41) is 3.85. The smallest absolute Gasteiger partial charge is 0.263 e. The molecule has 2 aromatic rings. The van der Waals surface area contributed by atoms with Crippen LogP contribution in [0.5, 0.6) is 0 Å². The molecule has 0 aliphatic carbocycles. The predicted octanol–water partition coefficient (Wildman–Crippen LogP) is 3.30. The van der Waals surface area contributed by atoms with E-state index in [9.17, 15) is 13.2 Å². The van der Waals surface area contributed by atoms with E-state index in [1.54, 1.807) is 36.4 Å². The first-order valence-corrected chi connectivity index (χ1v) is 10.4. The van der Waals surface area contributed by atoms with Gasteiger partial charge in [-0.25, -0.2) is 8.42 Å². The van der Waals surface area contributed by atoms with Crippen LogP contribution in [0.25, 0.3) is 0 Å². The third-order valence-electron chi connectivity index (χ3n) is 4.08. The number of hydrogen-bond donors (Lipinski definition) is 2. The summed E-state index contributed by atoms with van der Waals surface area (Å²) < 4.78 is 26.5. The minimum Gasteiger partial charge on any atom is -0.349 e. The highest BCUT2D eigenvalue weighted by Crippen LogP contribution is 2.26. The minimum absolute atomic E-state index is 0.114. The van der Waals surface area contributed by atoms with E-state index in [4.69, 9.17) is 23.2 Å². The number of rotatable bonds is 5. The zero-order chi connectivity index (χ0) is 19.6. The molecular weight excluding hydrogens is 409 g/mol. The van der Waals surface area contributed by atoms with Crippen molar-refractivity contribution < 1.29 is 13.2 Å². The second-order valence-electron chi connectivity index (χ2n) is 6.04. The normalized spacial score (nSPS) is 17.2. The average molecular weight is 426 g/mol. The molecule has 3 rings (SSSR count). The van der Waals surface area contributed by atoms with Gasteiger partial charge in [0.2, 0.25) is 5.91 Å². The van der Waals surface area contributed by atoms with Crippen molar-refractivity contribution in [2.75, 3.05) is 6.54 Å². The Morgan fingerprint density at radius 3 is 2.70 bits per heavy atom. The van der Waals surface area contributed by atoms with Gasteiger partial charge in [-0.1, -0.05) is 41.4 Å². The zero-order valence-electron chi connectivity index (χ0n) is 14.4. The standard InChI is InChI=1S/C18H17Cl2N3O3S/c1-11(13-7-6-12(19)10-15(13)20)22-17(24)8-9-21-18-14-4-2-3-5-16(14)27(25,26)23-18/h2-7,10-11H,8-9H2,1H3,(H,21,23)(H,22,24)/t11-/m0/s1. The highest BCUT2D eigenvalue weighted by atomic mass is 35.5. The summed E-state index contributed by atoms with van der Waals surface area (Å²) in [5.41, 5.74) is 1.28. The third-order valence-corrected chi connectivity index (χ3v) is 6.04. The van der Waals surface area contributed by atoms with Crippen LogP contribution in [0.2, 0.25) is 10.0 Å². The molecule has 1 atom stereocenters. The van der Waals surface area contributed by atoms with Crippen LogP contribution < -0.4 is 10.0 Å². The van der Waals surface area contributed by atoms with Crippen LogP contribution in [0.1, 0.15) is 30.5 Å². The van der Waals surface area contributed by atoms with Gasteiger partial charge >= 0.3 is 0 Å². The summed E-state index contributed by atoms with van der Waals surface area (Å²) in [7, 11) is -3.58. The number of amides is 1. The molecule has 9 heteroatoms. The predicted molar refractivity (Wildman–Crippen MR) is 106 cm³/mol. The molecule has 27 heavy (non-hydrogen) atoms. The number of halogens is 2. The maximum Gasteiger partial charge on any atom is 0.263 e. The summed E-state index contributed by atoms with van der Waals surface area (Å²) in [6, 6.07) is 11.4. The molecule has 2 N–H and O–H groups in total. The van der Waals surface area contributed by atoms with E-state index >= 15 is 0 Å². The molecule has 0 radical (unpaired) electrons. The van der Waals surface area contributed by atoms with Crippen molar-refractivity contribution in [1.82, 2.24) is 10.0 Å². The highest BCUT2D eigenvalue weighted by molar-refractivity contribution is 7.90. The van der Waals surface area contributed by atoms with Crippen molar-refractivity contribution in [3.05, 3.63) is 63.6 Å². The number of amidine groups is 1. The van der Waals surface area contributed by atoms with E-state index < -0.39 is 10.0 Å².